The lowest BCUT2D eigenvalue weighted by Gasteiger charge is -2.20. The lowest BCUT2D eigenvalue weighted by Crippen LogP contribution is -2.42. The summed E-state index contributed by atoms with van der Waals surface area (Å²) in [7, 11) is 0. The number of benzene rings is 1. The van der Waals surface area contributed by atoms with Crippen LogP contribution in [0.5, 0.6) is 11.5 Å². The number of hydrogen-bond acceptors (Lipinski definition) is 3. The van der Waals surface area contributed by atoms with Gasteiger partial charge in [0.2, 0.25) is 6.79 Å². The van der Waals surface area contributed by atoms with E-state index in [4.69, 9.17) is 9.47 Å². The minimum Gasteiger partial charge on any atom is -0.454 e. The minimum atomic E-state index is 0.0487. The van der Waals surface area contributed by atoms with E-state index < -0.39 is 0 Å². The predicted octanol–water partition coefficient (Wildman–Crippen LogP) is 2.71. The van der Waals surface area contributed by atoms with Crippen molar-refractivity contribution in [2.75, 3.05) is 19.9 Å². The molecule has 0 aromatic heterocycles. The van der Waals surface area contributed by atoms with Crippen LogP contribution in [0.2, 0.25) is 0 Å². The first-order chi connectivity index (χ1) is 10.2. The monoisotopic (exact) mass is 290 g/mol. The van der Waals surface area contributed by atoms with Crippen LogP contribution in [0.1, 0.15) is 38.2 Å². The summed E-state index contributed by atoms with van der Waals surface area (Å²) in [5, 5.41) is 3.03. The topological polar surface area (TPSA) is 50.8 Å². The molecule has 0 saturated carbocycles. The highest BCUT2D eigenvalue weighted by Crippen LogP contribution is 2.37. The van der Waals surface area contributed by atoms with Crippen LogP contribution >= 0.6 is 0 Å². The van der Waals surface area contributed by atoms with Crippen LogP contribution in [0, 0.1) is 0 Å². The molecule has 0 spiro atoms. The van der Waals surface area contributed by atoms with Gasteiger partial charge in [-0.05, 0) is 37.5 Å². The van der Waals surface area contributed by atoms with Crippen molar-refractivity contribution >= 4 is 6.03 Å². The van der Waals surface area contributed by atoms with Crippen molar-refractivity contribution in [3.63, 3.8) is 0 Å². The van der Waals surface area contributed by atoms with Crippen molar-refractivity contribution in [1.29, 1.82) is 0 Å². The molecule has 2 heterocycles. The minimum absolute atomic E-state index is 0.0487. The number of rotatable bonds is 3. The maximum atomic E-state index is 12.1. The Morgan fingerprint density at radius 3 is 3.05 bits per heavy atom. The van der Waals surface area contributed by atoms with Crippen molar-refractivity contribution < 1.29 is 14.3 Å². The molecule has 5 nitrogen and oxygen atoms in total. The largest absolute Gasteiger partial charge is 0.454 e. The summed E-state index contributed by atoms with van der Waals surface area (Å²) in [5.74, 6) is 2.00. The smallest absolute Gasteiger partial charge is 0.317 e. The zero-order valence-electron chi connectivity index (χ0n) is 12.6. The molecule has 1 aromatic rings. The molecule has 0 bridgehead atoms. The van der Waals surface area contributed by atoms with Crippen LogP contribution in [0.25, 0.3) is 0 Å². The first-order valence-corrected chi connectivity index (χ1v) is 7.62. The number of fused-ring (bicyclic) bond motifs is 1. The summed E-state index contributed by atoms with van der Waals surface area (Å²) in [5.41, 5.74) is 1.22. The number of urea groups is 1. The van der Waals surface area contributed by atoms with Gasteiger partial charge in [0.25, 0.3) is 0 Å². The van der Waals surface area contributed by atoms with E-state index in [0.717, 1.165) is 37.4 Å². The summed E-state index contributed by atoms with van der Waals surface area (Å²) in [6.45, 7) is 5.98. The fraction of sp³-hybridized carbons (Fsp3) is 0.562. The zero-order chi connectivity index (χ0) is 14.8. The van der Waals surface area contributed by atoms with Gasteiger partial charge in [0, 0.05) is 25.0 Å². The molecule has 1 fully saturated rings. The van der Waals surface area contributed by atoms with E-state index in [1.54, 1.807) is 0 Å². The highest BCUT2D eigenvalue weighted by Gasteiger charge is 2.28. The Morgan fingerprint density at radius 2 is 2.24 bits per heavy atom. The predicted molar refractivity (Wildman–Crippen MR) is 79.8 cm³/mol. The number of likely N-dealkylation sites (tertiary alicyclic amines) is 1. The average molecular weight is 290 g/mol. The molecule has 0 radical (unpaired) electrons. The number of hydrogen-bond donors (Lipinski definition) is 1. The number of nitrogens with one attached hydrogen (secondary N) is 1. The first kappa shape index (κ1) is 14.0. The van der Waals surface area contributed by atoms with E-state index >= 15 is 0 Å². The molecular weight excluding hydrogens is 268 g/mol. The number of carbonyl (C=O) groups is 1. The van der Waals surface area contributed by atoms with E-state index in [0.29, 0.717) is 12.7 Å². The molecule has 1 saturated heterocycles. The van der Waals surface area contributed by atoms with Gasteiger partial charge in [0.1, 0.15) is 0 Å². The molecular formula is C16H22N2O3. The molecule has 2 amide bonds. The molecule has 0 aliphatic carbocycles. The van der Waals surface area contributed by atoms with Gasteiger partial charge in [-0.25, -0.2) is 4.79 Å². The van der Waals surface area contributed by atoms with Gasteiger partial charge in [0.15, 0.2) is 11.5 Å². The average Bonchev–Trinajstić information content (AvgIpc) is 3.15. The Morgan fingerprint density at radius 1 is 1.43 bits per heavy atom. The normalized spacial score (nSPS) is 21.4. The standard InChI is InChI=1S/C16H22N2O3/c1-3-11(2)17-16(19)18-7-6-13(9-18)12-4-5-14-15(8-12)21-10-20-14/h4-5,8,11,13H,3,6-7,9-10H2,1-2H3,(H,17,19). The fourth-order valence-electron chi connectivity index (χ4n) is 2.79. The summed E-state index contributed by atoms with van der Waals surface area (Å²) in [4.78, 5) is 14.1. The lowest BCUT2D eigenvalue weighted by atomic mass is 9.98. The second kappa shape index (κ2) is 5.84. The molecule has 2 aliphatic heterocycles. The Balaban J connectivity index is 1.63. The number of carbonyl (C=O) groups excluding carboxylic acids is 1. The molecule has 2 unspecified atom stereocenters. The van der Waals surface area contributed by atoms with Gasteiger partial charge in [-0.15, -0.1) is 0 Å². The SMILES string of the molecule is CCC(C)NC(=O)N1CCC(c2ccc3c(c2)OCO3)C1. The van der Waals surface area contributed by atoms with Gasteiger partial charge in [0.05, 0.1) is 0 Å². The van der Waals surface area contributed by atoms with E-state index in [9.17, 15) is 4.79 Å². The van der Waals surface area contributed by atoms with E-state index in [-0.39, 0.29) is 12.1 Å². The lowest BCUT2D eigenvalue weighted by molar-refractivity contribution is 0.174. The molecule has 5 heteroatoms. The van der Waals surface area contributed by atoms with Crippen LogP contribution in [0.15, 0.2) is 18.2 Å². The molecule has 3 rings (SSSR count). The third kappa shape index (κ3) is 2.91. The fourth-order valence-corrected chi connectivity index (χ4v) is 2.79. The quantitative estimate of drug-likeness (QED) is 0.931. The molecule has 2 aliphatic rings. The Bertz CT molecular complexity index is 532. The zero-order valence-corrected chi connectivity index (χ0v) is 12.6. The summed E-state index contributed by atoms with van der Waals surface area (Å²) in [6, 6.07) is 6.35. The van der Waals surface area contributed by atoms with Crippen LogP contribution < -0.4 is 14.8 Å². The van der Waals surface area contributed by atoms with Crippen molar-refractivity contribution in [3.05, 3.63) is 23.8 Å². The van der Waals surface area contributed by atoms with E-state index in [1.165, 1.54) is 5.56 Å². The second-order valence-electron chi connectivity index (χ2n) is 5.80. The maximum absolute atomic E-state index is 12.1. The molecule has 1 aromatic carbocycles. The van der Waals surface area contributed by atoms with Gasteiger partial charge in [-0.2, -0.15) is 0 Å². The van der Waals surface area contributed by atoms with Crippen LogP contribution in [0.3, 0.4) is 0 Å². The number of ether oxygens (including phenoxy) is 2. The maximum Gasteiger partial charge on any atom is 0.317 e. The van der Waals surface area contributed by atoms with Crippen LogP contribution in [-0.2, 0) is 0 Å². The molecule has 21 heavy (non-hydrogen) atoms. The van der Waals surface area contributed by atoms with Gasteiger partial charge in [-0.1, -0.05) is 13.0 Å². The number of amides is 2. The Kier molecular flexibility index (Phi) is 3.90. The highest BCUT2D eigenvalue weighted by molar-refractivity contribution is 5.75. The Labute approximate surface area is 125 Å². The summed E-state index contributed by atoms with van der Waals surface area (Å²) in [6.07, 6.45) is 1.94. The number of nitrogens with zero attached hydrogens (tertiary/aromatic N) is 1. The summed E-state index contributed by atoms with van der Waals surface area (Å²) >= 11 is 0. The third-order valence-corrected chi connectivity index (χ3v) is 4.33. The van der Waals surface area contributed by atoms with E-state index in [1.807, 2.05) is 24.0 Å². The van der Waals surface area contributed by atoms with Crippen molar-refractivity contribution in [2.24, 2.45) is 0 Å². The molecule has 1 N–H and O–H groups in total. The third-order valence-electron chi connectivity index (χ3n) is 4.33. The molecule has 2 atom stereocenters. The Hall–Kier alpha value is -1.91. The molecule has 114 valence electrons. The second-order valence-corrected chi connectivity index (χ2v) is 5.80. The van der Waals surface area contributed by atoms with Crippen LogP contribution in [-0.4, -0.2) is 36.9 Å². The van der Waals surface area contributed by atoms with Crippen molar-refractivity contribution in [3.8, 4) is 11.5 Å². The van der Waals surface area contributed by atoms with Crippen LogP contribution in [0.4, 0.5) is 4.79 Å². The van der Waals surface area contributed by atoms with Gasteiger partial charge < -0.3 is 19.7 Å². The van der Waals surface area contributed by atoms with E-state index in [2.05, 4.69) is 18.3 Å². The first-order valence-electron chi connectivity index (χ1n) is 7.62. The van der Waals surface area contributed by atoms with Gasteiger partial charge in [-0.3, -0.25) is 0 Å². The van der Waals surface area contributed by atoms with Gasteiger partial charge >= 0.3 is 6.03 Å². The highest BCUT2D eigenvalue weighted by atomic mass is 16.7. The van der Waals surface area contributed by atoms with Crippen molar-refractivity contribution in [1.82, 2.24) is 10.2 Å². The summed E-state index contributed by atoms with van der Waals surface area (Å²) < 4.78 is 10.8. The van der Waals surface area contributed by atoms with Crippen molar-refractivity contribution in [2.45, 2.75) is 38.6 Å².